The summed E-state index contributed by atoms with van der Waals surface area (Å²) in [5, 5.41) is 2.73. The van der Waals surface area contributed by atoms with E-state index in [0.29, 0.717) is 39.0 Å². The molecule has 0 saturated carbocycles. The van der Waals surface area contributed by atoms with E-state index < -0.39 is 6.61 Å². The van der Waals surface area contributed by atoms with Gasteiger partial charge in [-0.25, -0.2) is 0 Å². The first-order valence-corrected chi connectivity index (χ1v) is 7.83. The molecule has 6 nitrogen and oxygen atoms in total. The number of likely N-dealkylation sites (tertiary alicyclic amines) is 1. The lowest BCUT2D eigenvalue weighted by Crippen LogP contribution is -2.46. The Kier molecular flexibility index (Phi) is 8.57. The van der Waals surface area contributed by atoms with Crippen molar-refractivity contribution in [1.82, 2.24) is 10.2 Å². The van der Waals surface area contributed by atoms with E-state index in [0.717, 1.165) is 0 Å². The Labute approximate surface area is 151 Å². The van der Waals surface area contributed by atoms with Crippen molar-refractivity contribution >= 4 is 24.2 Å². The molecule has 1 fully saturated rings. The maximum absolute atomic E-state index is 12.6. The molecule has 1 atom stereocenters. The molecule has 1 aliphatic rings. The van der Waals surface area contributed by atoms with Crippen molar-refractivity contribution in [2.75, 3.05) is 26.2 Å². The van der Waals surface area contributed by atoms with Crippen LogP contribution in [0.2, 0.25) is 0 Å². The van der Waals surface area contributed by atoms with Gasteiger partial charge in [-0.05, 0) is 31.0 Å². The number of carbonyl (C=O) groups excluding carboxylic acids is 2. The number of ether oxygens (including phenoxy) is 1. The molecular formula is C16H22ClF2N3O3. The number of hydrogen-bond acceptors (Lipinski definition) is 4. The Balaban J connectivity index is 0.00000312. The highest BCUT2D eigenvalue weighted by atomic mass is 35.5. The molecule has 140 valence electrons. The van der Waals surface area contributed by atoms with Crippen LogP contribution in [-0.2, 0) is 4.79 Å². The van der Waals surface area contributed by atoms with Crippen molar-refractivity contribution in [3.8, 4) is 5.75 Å². The number of alkyl halides is 2. The molecule has 0 aliphatic carbocycles. The highest BCUT2D eigenvalue weighted by Gasteiger charge is 2.28. The van der Waals surface area contributed by atoms with E-state index >= 15 is 0 Å². The molecule has 0 aromatic heterocycles. The van der Waals surface area contributed by atoms with Crippen molar-refractivity contribution in [1.29, 1.82) is 0 Å². The number of benzene rings is 1. The number of rotatable bonds is 6. The number of nitrogens with zero attached hydrogens (tertiary/aromatic N) is 1. The zero-order valence-corrected chi connectivity index (χ0v) is 14.4. The number of nitrogens with two attached hydrogens (primary N) is 1. The third kappa shape index (κ3) is 6.13. The van der Waals surface area contributed by atoms with Crippen LogP contribution in [0.25, 0.3) is 0 Å². The van der Waals surface area contributed by atoms with Crippen molar-refractivity contribution in [2.45, 2.75) is 19.5 Å². The molecule has 0 spiro atoms. The molecule has 1 heterocycles. The summed E-state index contributed by atoms with van der Waals surface area (Å²) >= 11 is 0. The highest BCUT2D eigenvalue weighted by molar-refractivity contribution is 5.95. The van der Waals surface area contributed by atoms with Gasteiger partial charge in [-0.2, -0.15) is 8.78 Å². The first kappa shape index (κ1) is 21.1. The van der Waals surface area contributed by atoms with Gasteiger partial charge in [-0.1, -0.05) is 6.07 Å². The van der Waals surface area contributed by atoms with Gasteiger partial charge in [0.05, 0.1) is 5.92 Å². The fourth-order valence-corrected chi connectivity index (χ4v) is 2.70. The predicted octanol–water partition coefficient (Wildman–Crippen LogP) is 1.64. The zero-order chi connectivity index (χ0) is 17.5. The summed E-state index contributed by atoms with van der Waals surface area (Å²) < 4.78 is 28.9. The predicted molar refractivity (Wildman–Crippen MR) is 91.0 cm³/mol. The molecule has 2 amide bonds. The van der Waals surface area contributed by atoms with Crippen LogP contribution in [0.4, 0.5) is 8.78 Å². The number of halogens is 3. The SMILES string of the molecule is Cl.NCCNC(=O)C1CCCN(C(=O)c2cccc(OC(F)F)c2)C1. The summed E-state index contributed by atoms with van der Waals surface area (Å²) in [6, 6.07) is 5.67. The third-order valence-electron chi connectivity index (χ3n) is 3.83. The summed E-state index contributed by atoms with van der Waals surface area (Å²) in [6.45, 7) is -1.36. The Morgan fingerprint density at radius 3 is 2.84 bits per heavy atom. The lowest BCUT2D eigenvalue weighted by Gasteiger charge is -2.32. The van der Waals surface area contributed by atoms with Crippen LogP contribution in [0.1, 0.15) is 23.2 Å². The molecular weight excluding hydrogens is 356 g/mol. The topological polar surface area (TPSA) is 84.7 Å². The Hall–Kier alpha value is -1.93. The molecule has 0 bridgehead atoms. The van der Waals surface area contributed by atoms with Gasteiger partial charge in [-0.15, -0.1) is 12.4 Å². The van der Waals surface area contributed by atoms with Crippen molar-refractivity contribution in [2.24, 2.45) is 11.7 Å². The van der Waals surface area contributed by atoms with E-state index in [4.69, 9.17) is 5.73 Å². The van der Waals surface area contributed by atoms with Gasteiger partial charge in [0.25, 0.3) is 5.91 Å². The Bertz CT molecular complexity index is 589. The van der Waals surface area contributed by atoms with Crippen LogP contribution in [0.5, 0.6) is 5.75 Å². The number of amides is 2. The average Bonchev–Trinajstić information content (AvgIpc) is 2.58. The van der Waals surface area contributed by atoms with Gasteiger partial charge < -0.3 is 20.7 Å². The summed E-state index contributed by atoms with van der Waals surface area (Å²) in [7, 11) is 0. The fraction of sp³-hybridized carbons (Fsp3) is 0.500. The van der Waals surface area contributed by atoms with E-state index in [1.54, 1.807) is 11.0 Å². The molecule has 2 rings (SSSR count). The molecule has 9 heteroatoms. The maximum Gasteiger partial charge on any atom is 0.387 e. The van der Waals surface area contributed by atoms with Crippen molar-refractivity contribution in [3.05, 3.63) is 29.8 Å². The maximum atomic E-state index is 12.6. The summed E-state index contributed by atoms with van der Waals surface area (Å²) in [5.74, 6) is -0.765. The first-order valence-electron chi connectivity index (χ1n) is 7.83. The molecule has 1 saturated heterocycles. The van der Waals surface area contributed by atoms with Crippen LogP contribution in [0.15, 0.2) is 24.3 Å². The minimum absolute atomic E-state index is 0. The highest BCUT2D eigenvalue weighted by Crippen LogP contribution is 2.21. The largest absolute Gasteiger partial charge is 0.435 e. The minimum Gasteiger partial charge on any atom is -0.435 e. The molecule has 1 aliphatic heterocycles. The van der Waals surface area contributed by atoms with E-state index in [2.05, 4.69) is 10.1 Å². The molecule has 0 radical (unpaired) electrons. The Morgan fingerprint density at radius 1 is 1.40 bits per heavy atom. The van der Waals surface area contributed by atoms with Crippen LogP contribution < -0.4 is 15.8 Å². The summed E-state index contributed by atoms with van der Waals surface area (Å²) in [6.07, 6.45) is 1.41. The van der Waals surface area contributed by atoms with Crippen molar-refractivity contribution < 1.29 is 23.1 Å². The van der Waals surface area contributed by atoms with Gasteiger partial charge in [0.15, 0.2) is 0 Å². The molecule has 1 aromatic rings. The second-order valence-corrected chi connectivity index (χ2v) is 5.58. The number of hydrogen-bond donors (Lipinski definition) is 2. The first-order chi connectivity index (χ1) is 11.5. The van der Waals surface area contributed by atoms with Crippen LogP contribution in [0, 0.1) is 5.92 Å². The second kappa shape index (κ2) is 10.1. The van der Waals surface area contributed by atoms with E-state index in [1.165, 1.54) is 18.2 Å². The smallest absolute Gasteiger partial charge is 0.387 e. The summed E-state index contributed by atoms with van der Waals surface area (Å²) in [4.78, 5) is 26.1. The second-order valence-electron chi connectivity index (χ2n) is 5.58. The lowest BCUT2D eigenvalue weighted by atomic mass is 9.96. The number of carbonyl (C=O) groups is 2. The van der Waals surface area contributed by atoms with Crippen LogP contribution >= 0.6 is 12.4 Å². The summed E-state index contributed by atoms with van der Waals surface area (Å²) in [5.41, 5.74) is 5.62. The van der Waals surface area contributed by atoms with Gasteiger partial charge in [0.1, 0.15) is 5.75 Å². The fourth-order valence-electron chi connectivity index (χ4n) is 2.70. The van der Waals surface area contributed by atoms with E-state index in [9.17, 15) is 18.4 Å². The Morgan fingerprint density at radius 2 is 2.16 bits per heavy atom. The van der Waals surface area contributed by atoms with E-state index in [-0.39, 0.29) is 41.5 Å². The van der Waals surface area contributed by atoms with Gasteiger partial charge in [0.2, 0.25) is 5.91 Å². The van der Waals surface area contributed by atoms with Gasteiger partial charge >= 0.3 is 6.61 Å². The van der Waals surface area contributed by atoms with Crippen LogP contribution in [-0.4, -0.2) is 49.5 Å². The van der Waals surface area contributed by atoms with Crippen molar-refractivity contribution in [3.63, 3.8) is 0 Å². The monoisotopic (exact) mass is 377 g/mol. The molecule has 1 unspecified atom stereocenters. The average molecular weight is 378 g/mol. The molecule has 1 aromatic carbocycles. The van der Waals surface area contributed by atoms with Gasteiger partial charge in [0, 0.05) is 31.7 Å². The van der Waals surface area contributed by atoms with Gasteiger partial charge in [-0.3, -0.25) is 9.59 Å². The van der Waals surface area contributed by atoms with E-state index in [1.807, 2.05) is 0 Å². The minimum atomic E-state index is -2.94. The molecule has 3 N–H and O–H groups in total. The number of nitrogens with one attached hydrogen (secondary N) is 1. The quantitative estimate of drug-likeness (QED) is 0.789. The third-order valence-corrected chi connectivity index (χ3v) is 3.83. The number of piperidine rings is 1. The molecule has 25 heavy (non-hydrogen) atoms. The lowest BCUT2D eigenvalue weighted by molar-refractivity contribution is -0.126. The standard InChI is InChI=1S/C16H21F2N3O3.ClH/c17-16(18)24-13-5-1-3-11(9-13)15(23)21-8-2-4-12(10-21)14(22)20-7-6-19;/h1,3,5,9,12,16H,2,4,6-8,10,19H2,(H,20,22);1H. The normalized spacial score (nSPS) is 17.0. The van der Waals surface area contributed by atoms with Crippen LogP contribution in [0.3, 0.4) is 0 Å². The zero-order valence-electron chi connectivity index (χ0n) is 13.6.